The number of piperidine rings is 1. The van der Waals surface area contributed by atoms with E-state index in [0.29, 0.717) is 45.2 Å². The van der Waals surface area contributed by atoms with Crippen molar-refractivity contribution in [2.75, 3.05) is 5.32 Å². The van der Waals surface area contributed by atoms with Crippen LogP contribution in [-0.4, -0.2) is 59.3 Å². The molecular weight excluding hydrogens is 622 g/mol. The molecule has 2 aliphatic rings. The first kappa shape index (κ1) is 30.1. The van der Waals surface area contributed by atoms with E-state index in [9.17, 15) is 14.4 Å². The maximum Gasteiger partial charge on any atom is 0.248 e. The summed E-state index contributed by atoms with van der Waals surface area (Å²) in [6, 6.07) is 8.92. The van der Waals surface area contributed by atoms with Gasteiger partial charge in [0.25, 0.3) is 0 Å². The minimum Gasteiger partial charge on any atom is -0.325 e. The number of Topliss-reactive ketones (excluding diaryl/α,β-unsaturated/α-hetero) is 1. The third-order valence-electron chi connectivity index (χ3n) is 8.82. The van der Waals surface area contributed by atoms with Crippen molar-refractivity contribution >= 4 is 50.2 Å². The molecule has 2 fully saturated rings. The number of anilines is 1. The van der Waals surface area contributed by atoms with E-state index in [0.717, 1.165) is 36.0 Å². The Morgan fingerprint density at radius 3 is 2.55 bits per heavy atom. The van der Waals surface area contributed by atoms with Crippen LogP contribution < -0.4 is 5.32 Å². The number of hydrogen-bond acceptors (Lipinski definition) is 7. The van der Waals surface area contributed by atoms with Crippen LogP contribution in [0.2, 0.25) is 0 Å². The van der Waals surface area contributed by atoms with Crippen LogP contribution in [-0.2, 0) is 22.6 Å². The van der Waals surface area contributed by atoms with Gasteiger partial charge in [0.05, 0.1) is 5.52 Å². The Balaban J connectivity index is 1.24. The molecule has 3 aromatic heterocycles. The SMILES string of the molecule is CC(=O)c1nn(CC(=O)N2[C@H](C(=O)Nc3cc(CCC(C)C)cc(Br)n3)C[C@@]3(C)C[C@@H]23)c2ccc(-c3cnc(C)nc3)cc12. The van der Waals surface area contributed by atoms with Crippen LogP contribution in [0.15, 0.2) is 47.3 Å². The van der Waals surface area contributed by atoms with Gasteiger partial charge in [-0.25, -0.2) is 15.0 Å². The number of hydrogen-bond donors (Lipinski definition) is 1. The standard InChI is InChI=1S/C33H36BrN7O3/c1-18(2)6-7-21-10-28(34)37-29(11-21)38-32(44)26-13-33(5)14-27(33)41(26)30(43)17-40-25-9-8-22(23-15-35-20(4)36-16-23)12-24(25)31(39-40)19(3)42/h8-12,15-16,18,26-27H,6-7,13-14,17H2,1-5H3,(H,37,38,44)/t26-,27+,33-/m0/s1. The number of halogens is 1. The number of benzene rings is 1. The van der Waals surface area contributed by atoms with Crippen LogP contribution >= 0.6 is 15.9 Å². The molecule has 6 rings (SSSR count). The maximum absolute atomic E-state index is 13.9. The van der Waals surface area contributed by atoms with E-state index in [1.54, 1.807) is 22.0 Å². The molecule has 11 heteroatoms. The van der Waals surface area contributed by atoms with E-state index in [4.69, 9.17) is 0 Å². The Morgan fingerprint density at radius 1 is 1.09 bits per heavy atom. The first-order valence-corrected chi connectivity index (χ1v) is 15.8. The van der Waals surface area contributed by atoms with Crippen LogP contribution in [0.3, 0.4) is 0 Å². The highest BCUT2D eigenvalue weighted by Gasteiger charge is 2.64. The van der Waals surface area contributed by atoms with Crippen molar-refractivity contribution in [3.8, 4) is 11.1 Å². The normalized spacial score (nSPS) is 20.7. The van der Waals surface area contributed by atoms with Gasteiger partial charge >= 0.3 is 0 Å². The Morgan fingerprint density at radius 2 is 1.84 bits per heavy atom. The molecule has 0 bridgehead atoms. The predicted molar refractivity (Wildman–Crippen MR) is 171 cm³/mol. The van der Waals surface area contributed by atoms with Crippen molar-refractivity contribution in [1.82, 2.24) is 29.6 Å². The minimum absolute atomic E-state index is 0.00920. The highest BCUT2D eigenvalue weighted by molar-refractivity contribution is 9.10. The first-order chi connectivity index (χ1) is 20.9. The Kier molecular flexibility index (Phi) is 7.85. The molecule has 4 aromatic rings. The Bertz CT molecular complexity index is 1780. The third-order valence-corrected chi connectivity index (χ3v) is 9.23. The van der Waals surface area contributed by atoms with Crippen LogP contribution in [0.1, 0.15) is 68.8 Å². The van der Waals surface area contributed by atoms with Gasteiger partial charge in [0.2, 0.25) is 11.8 Å². The number of ketones is 1. The number of nitrogens with one attached hydrogen (secondary N) is 1. The summed E-state index contributed by atoms with van der Waals surface area (Å²) >= 11 is 3.48. The fourth-order valence-corrected chi connectivity index (χ4v) is 6.76. The molecule has 228 valence electrons. The molecule has 1 N–H and O–H groups in total. The van der Waals surface area contributed by atoms with Gasteiger partial charge in [0.15, 0.2) is 5.78 Å². The van der Waals surface area contributed by atoms with Gasteiger partial charge in [-0.1, -0.05) is 26.8 Å². The Labute approximate surface area is 264 Å². The summed E-state index contributed by atoms with van der Waals surface area (Å²) in [5.74, 6) is 1.07. The van der Waals surface area contributed by atoms with Crippen LogP contribution in [0, 0.1) is 18.3 Å². The number of fused-ring (bicyclic) bond motifs is 2. The minimum atomic E-state index is -0.617. The van der Waals surface area contributed by atoms with Crippen LogP contribution in [0.25, 0.3) is 22.0 Å². The zero-order chi connectivity index (χ0) is 31.3. The van der Waals surface area contributed by atoms with Gasteiger partial charge in [-0.2, -0.15) is 5.10 Å². The maximum atomic E-state index is 13.9. The molecule has 0 spiro atoms. The van der Waals surface area contributed by atoms with Gasteiger partial charge in [-0.05, 0) is 95.3 Å². The molecule has 1 aliphatic carbocycles. The summed E-state index contributed by atoms with van der Waals surface area (Å²) < 4.78 is 2.24. The van der Waals surface area contributed by atoms with Crippen molar-refractivity contribution < 1.29 is 14.4 Å². The van der Waals surface area contributed by atoms with E-state index in [1.807, 2.05) is 37.3 Å². The van der Waals surface area contributed by atoms with E-state index >= 15 is 0 Å². The highest BCUT2D eigenvalue weighted by Crippen LogP contribution is 2.59. The van der Waals surface area contributed by atoms with Gasteiger partial charge in [-0.3, -0.25) is 19.1 Å². The summed E-state index contributed by atoms with van der Waals surface area (Å²) in [6.45, 7) is 9.70. The third kappa shape index (κ3) is 5.89. The zero-order valence-corrected chi connectivity index (χ0v) is 27.2. The molecular formula is C33H36BrN7O3. The molecule has 1 saturated carbocycles. The number of pyridine rings is 1. The number of aromatic nitrogens is 5. The van der Waals surface area contributed by atoms with E-state index < -0.39 is 6.04 Å². The molecule has 4 heterocycles. The second-order valence-corrected chi connectivity index (χ2v) is 13.6. The van der Waals surface area contributed by atoms with Crippen molar-refractivity contribution in [3.05, 3.63) is 64.4 Å². The summed E-state index contributed by atoms with van der Waals surface area (Å²) in [5, 5.41) is 8.20. The zero-order valence-electron chi connectivity index (χ0n) is 25.6. The molecule has 0 unspecified atom stereocenters. The largest absolute Gasteiger partial charge is 0.325 e. The predicted octanol–water partition coefficient (Wildman–Crippen LogP) is 5.77. The number of amides is 2. The topological polar surface area (TPSA) is 123 Å². The average Bonchev–Trinajstić information content (AvgIpc) is 3.33. The summed E-state index contributed by atoms with van der Waals surface area (Å²) in [5.41, 5.74) is 3.64. The Hall–Kier alpha value is -3.99. The van der Waals surface area contributed by atoms with E-state index in [-0.39, 0.29) is 35.6 Å². The smallest absolute Gasteiger partial charge is 0.248 e. The van der Waals surface area contributed by atoms with Gasteiger partial charge in [-0.15, -0.1) is 0 Å². The second kappa shape index (κ2) is 11.5. The molecule has 1 aliphatic heterocycles. The number of likely N-dealkylation sites (tertiary alicyclic amines) is 1. The molecule has 1 aromatic carbocycles. The summed E-state index contributed by atoms with van der Waals surface area (Å²) in [4.78, 5) is 54.9. The molecule has 3 atom stereocenters. The van der Waals surface area contributed by atoms with Crippen molar-refractivity contribution in [3.63, 3.8) is 0 Å². The van der Waals surface area contributed by atoms with E-state index in [1.165, 1.54) is 6.92 Å². The van der Waals surface area contributed by atoms with Crippen molar-refractivity contribution in [1.29, 1.82) is 0 Å². The first-order valence-electron chi connectivity index (χ1n) is 15.0. The number of rotatable bonds is 9. The lowest BCUT2D eigenvalue weighted by Crippen LogP contribution is -2.46. The summed E-state index contributed by atoms with van der Waals surface area (Å²) in [7, 11) is 0. The number of aryl methyl sites for hydroxylation is 2. The summed E-state index contributed by atoms with van der Waals surface area (Å²) in [6.07, 6.45) is 6.85. The molecule has 1 saturated heterocycles. The van der Waals surface area contributed by atoms with Gasteiger partial charge in [0.1, 0.15) is 34.5 Å². The monoisotopic (exact) mass is 657 g/mol. The fraction of sp³-hybridized carbons (Fsp3) is 0.424. The lowest BCUT2D eigenvalue weighted by atomic mass is 10.0. The van der Waals surface area contributed by atoms with Crippen LogP contribution in [0.5, 0.6) is 0 Å². The van der Waals surface area contributed by atoms with Gasteiger partial charge in [0, 0.05) is 36.3 Å². The highest BCUT2D eigenvalue weighted by atomic mass is 79.9. The lowest BCUT2D eigenvalue weighted by Gasteiger charge is -2.27. The number of carbonyl (C=O) groups excluding carboxylic acids is 3. The lowest BCUT2D eigenvalue weighted by molar-refractivity contribution is -0.138. The molecule has 2 amide bonds. The van der Waals surface area contributed by atoms with Gasteiger partial charge < -0.3 is 10.2 Å². The van der Waals surface area contributed by atoms with Crippen LogP contribution in [0.4, 0.5) is 5.82 Å². The van der Waals surface area contributed by atoms with Crippen molar-refractivity contribution in [2.24, 2.45) is 11.3 Å². The number of carbonyl (C=O) groups is 3. The molecule has 0 radical (unpaired) electrons. The number of nitrogens with zero attached hydrogens (tertiary/aromatic N) is 6. The second-order valence-electron chi connectivity index (χ2n) is 12.8. The quantitative estimate of drug-likeness (QED) is 0.179. The van der Waals surface area contributed by atoms with E-state index in [2.05, 4.69) is 62.1 Å². The fourth-order valence-electron chi connectivity index (χ4n) is 6.27. The average molecular weight is 659 g/mol. The molecule has 44 heavy (non-hydrogen) atoms. The van der Waals surface area contributed by atoms with Crippen molar-refractivity contribution in [2.45, 2.75) is 78.9 Å². The molecule has 10 nitrogen and oxygen atoms in total.